The number of ketones is 2. The summed E-state index contributed by atoms with van der Waals surface area (Å²) in [6.07, 6.45) is 2.96. The molecule has 0 bridgehead atoms. The van der Waals surface area contributed by atoms with E-state index in [4.69, 9.17) is 39.5 Å². The van der Waals surface area contributed by atoms with Crippen molar-refractivity contribution >= 4 is 52.3 Å². The van der Waals surface area contributed by atoms with Gasteiger partial charge in [-0.1, -0.05) is 46.9 Å². The molecule has 0 unspecified atom stereocenters. The predicted octanol–water partition coefficient (Wildman–Crippen LogP) is 6.72. The zero-order valence-electron chi connectivity index (χ0n) is 19.9. The fourth-order valence-electron chi connectivity index (χ4n) is 5.58. The molecule has 5 rings (SSSR count). The summed E-state index contributed by atoms with van der Waals surface area (Å²) in [6.45, 7) is -0.147. The molecule has 192 valence electrons. The molecule has 1 aliphatic heterocycles. The highest BCUT2D eigenvalue weighted by Crippen LogP contribution is 2.52. The maximum absolute atomic E-state index is 13.4. The van der Waals surface area contributed by atoms with Crippen LogP contribution < -0.4 is 4.74 Å². The summed E-state index contributed by atoms with van der Waals surface area (Å²) in [6, 6.07) is 10.5. The Bertz CT molecular complexity index is 1340. The van der Waals surface area contributed by atoms with Crippen LogP contribution in [0.25, 0.3) is 0 Å². The third-order valence-corrected chi connectivity index (χ3v) is 7.73. The molecule has 0 fully saturated rings. The smallest absolute Gasteiger partial charge is 0.323 e. The number of benzene rings is 2. The quantitative estimate of drug-likeness (QED) is 0.422. The molecule has 6 nitrogen and oxygen atoms in total. The molecule has 0 aromatic heterocycles. The van der Waals surface area contributed by atoms with E-state index in [0.29, 0.717) is 82.4 Å². The first-order valence-electron chi connectivity index (χ1n) is 12.1. The van der Waals surface area contributed by atoms with Crippen LogP contribution in [0.3, 0.4) is 0 Å². The van der Waals surface area contributed by atoms with Crippen molar-refractivity contribution in [1.29, 1.82) is 0 Å². The summed E-state index contributed by atoms with van der Waals surface area (Å²) in [5, 5.41) is 10.8. The van der Waals surface area contributed by atoms with E-state index in [2.05, 4.69) is 0 Å². The van der Waals surface area contributed by atoms with Crippen LogP contribution >= 0.6 is 34.8 Å². The van der Waals surface area contributed by atoms with Crippen LogP contribution in [-0.2, 0) is 21.0 Å². The number of nitrogens with zero attached hydrogens (tertiary/aromatic N) is 1. The van der Waals surface area contributed by atoms with E-state index >= 15 is 0 Å². The molecule has 0 atom stereocenters. The van der Waals surface area contributed by atoms with E-state index in [9.17, 15) is 19.5 Å². The van der Waals surface area contributed by atoms with Gasteiger partial charge in [0.15, 0.2) is 11.6 Å². The third kappa shape index (κ3) is 5.02. The number of allylic oxidation sites excluding steroid dienone is 4. The number of carbonyl (C=O) groups is 3. The highest BCUT2D eigenvalue weighted by atomic mass is 35.5. The van der Waals surface area contributed by atoms with Gasteiger partial charge in [0.05, 0.1) is 5.02 Å². The number of hydrogen-bond acceptors (Lipinski definition) is 5. The fraction of sp³-hybridized carbons (Fsp3) is 0.321. The predicted molar refractivity (Wildman–Crippen MR) is 141 cm³/mol. The molecule has 3 aliphatic rings. The average Bonchev–Trinajstić information content (AvgIpc) is 2.84. The second kappa shape index (κ2) is 10.5. The number of Topliss-reactive ketones (excluding diaryl/α,β-unsaturated/α-hetero) is 2. The molecule has 0 spiro atoms. The molecular formula is C28H24Cl3NO5. The van der Waals surface area contributed by atoms with Gasteiger partial charge >= 0.3 is 5.97 Å². The molecule has 0 saturated carbocycles. The molecule has 1 N–H and O–H groups in total. The highest BCUT2D eigenvalue weighted by molar-refractivity contribution is 6.35. The number of ether oxygens (including phenoxy) is 1. The second-order valence-corrected chi connectivity index (χ2v) is 10.7. The Morgan fingerprint density at radius 1 is 0.919 bits per heavy atom. The van der Waals surface area contributed by atoms with Gasteiger partial charge in [0, 0.05) is 56.9 Å². The lowest BCUT2D eigenvalue weighted by Crippen LogP contribution is -2.41. The number of hydrogen-bond donors (Lipinski definition) is 1. The van der Waals surface area contributed by atoms with Crippen molar-refractivity contribution in [3.8, 4) is 5.75 Å². The van der Waals surface area contributed by atoms with E-state index in [0.717, 1.165) is 5.56 Å². The van der Waals surface area contributed by atoms with Crippen molar-refractivity contribution in [2.45, 2.75) is 51.0 Å². The van der Waals surface area contributed by atoms with Crippen LogP contribution in [0.5, 0.6) is 5.75 Å². The average molecular weight is 561 g/mol. The molecule has 2 aromatic rings. The van der Waals surface area contributed by atoms with E-state index < -0.39 is 11.9 Å². The SMILES string of the molecule is O=C(O)CN1C2=C(C(=O)CCC2)C(c2cc(Cl)cc(Cl)c2OCc2cccc(Cl)c2)C2=C1CCCC2=O. The molecule has 9 heteroatoms. The fourth-order valence-corrected chi connectivity index (χ4v) is 6.36. The topological polar surface area (TPSA) is 83.9 Å². The first-order valence-corrected chi connectivity index (χ1v) is 13.3. The zero-order valence-corrected chi connectivity index (χ0v) is 22.1. The van der Waals surface area contributed by atoms with Gasteiger partial charge < -0.3 is 14.7 Å². The van der Waals surface area contributed by atoms with Crippen molar-refractivity contribution in [2.75, 3.05) is 6.54 Å². The van der Waals surface area contributed by atoms with Crippen LogP contribution in [0.4, 0.5) is 0 Å². The summed E-state index contributed by atoms with van der Waals surface area (Å²) in [5.41, 5.74) is 3.55. The van der Waals surface area contributed by atoms with Crippen molar-refractivity contribution in [2.24, 2.45) is 0 Å². The zero-order chi connectivity index (χ0) is 26.3. The highest BCUT2D eigenvalue weighted by Gasteiger charge is 2.45. The van der Waals surface area contributed by atoms with Crippen LogP contribution in [0.2, 0.25) is 15.1 Å². The van der Waals surface area contributed by atoms with Gasteiger partial charge in [-0.05, 0) is 55.5 Å². The van der Waals surface area contributed by atoms with E-state index in [1.807, 2.05) is 12.1 Å². The molecule has 2 aliphatic carbocycles. The summed E-state index contributed by atoms with van der Waals surface area (Å²) < 4.78 is 6.21. The van der Waals surface area contributed by atoms with Gasteiger partial charge in [-0.25, -0.2) is 0 Å². The lowest BCUT2D eigenvalue weighted by atomic mass is 9.70. The van der Waals surface area contributed by atoms with Crippen molar-refractivity contribution < 1.29 is 24.2 Å². The van der Waals surface area contributed by atoms with Crippen LogP contribution in [0.1, 0.15) is 55.6 Å². The Kier molecular flexibility index (Phi) is 7.35. The number of carboxylic acid groups (broad SMARTS) is 1. The maximum atomic E-state index is 13.4. The second-order valence-electron chi connectivity index (χ2n) is 9.41. The Morgan fingerprint density at radius 2 is 1.57 bits per heavy atom. The lowest BCUT2D eigenvalue weighted by molar-refractivity contribution is -0.138. The monoisotopic (exact) mass is 559 g/mol. The van der Waals surface area contributed by atoms with E-state index in [1.54, 1.807) is 29.2 Å². The standard InChI is InChI=1S/C28H24Cl3NO5/c29-16-5-1-4-15(10-16)14-37-28-18(11-17(30)12-19(28)31)25-26-20(6-2-8-22(26)33)32(13-24(35)36)21-7-3-9-23(34)27(21)25/h1,4-5,10-12,25H,2-3,6-9,13-14H2,(H,35,36). The Labute approximate surface area is 229 Å². The van der Waals surface area contributed by atoms with Crippen LogP contribution in [0, 0.1) is 0 Å². The van der Waals surface area contributed by atoms with Gasteiger partial charge in [0.25, 0.3) is 0 Å². The van der Waals surface area contributed by atoms with Gasteiger partial charge in [-0.3, -0.25) is 14.4 Å². The van der Waals surface area contributed by atoms with Gasteiger partial charge in [-0.15, -0.1) is 0 Å². The summed E-state index contributed by atoms with van der Waals surface area (Å²) in [4.78, 5) is 40.3. The first kappa shape index (κ1) is 25.8. The lowest BCUT2D eigenvalue weighted by Gasteiger charge is -2.43. The number of halogens is 3. The normalized spacial score (nSPS) is 18.2. The Balaban J connectivity index is 1.69. The molecule has 0 radical (unpaired) electrons. The largest absolute Gasteiger partial charge is 0.487 e. The van der Waals surface area contributed by atoms with Crippen molar-refractivity contribution in [3.05, 3.63) is 85.1 Å². The third-order valence-electron chi connectivity index (χ3n) is 7.00. The minimum absolute atomic E-state index is 0.108. The molecule has 0 saturated heterocycles. The van der Waals surface area contributed by atoms with Gasteiger partial charge in [-0.2, -0.15) is 0 Å². The first-order chi connectivity index (χ1) is 17.7. The molecule has 1 heterocycles. The molecular weight excluding hydrogens is 537 g/mol. The number of carbonyl (C=O) groups excluding carboxylic acids is 2. The minimum atomic E-state index is -1.02. The van der Waals surface area contributed by atoms with Crippen LogP contribution in [-0.4, -0.2) is 34.1 Å². The van der Waals surface area contributed by atoms with E-state index in [-0.39, 0.29) is 29.7 Å². The number of aliphatic carboxylic acids is 1. The Hall–Kier alpha value is -2.80. The number of carboxylic acids is 1. The van der Waals surface area contributed by atoms with Crippen molar-refractivity contribution in [3.63, 3.8) is 0 Å². The van der Waals surface area contributed by atoms with Gasteiger partial charge in [0.1, 0.15) is 18.9 Å². The summed E-state index contributed by atoms with van der Waals surface area (Å²) in [5.74, 6) is -1.64. The van der Waals surface area contributed by atoms with E-state index in [1.165, 1.54) is 0 Å². The molecule has 37 heavy (non-hydrogen) atoms. The van der Waals surface area contributed by atoms with Crippen molar-refractivity contribution in [1.82, 2.24) is 4.90 Å². The summed E-state index contributed by atoms with van der Waals surface area (Å²) in [7, 11) is 0. The molecule has 2 aromatic carbocycles. The maximum Gasteiger partial charge on any atom is 0.323 e. The Morgan fingerprint density at radius 3 is 2.16 bits per heavy atom. The minimum Gasteiger partial charge on any atom is -0.487 e. The number of rotatable bonds is 6. The van der Waals surface area contributed by atoms with Gasteiger partial charge in [0.2, 0.25) is 0 Å². The van der Waals surface area contributed by atoms with Crippen LogP contribution in [0.15, 0.2) is 58.9 Å². The summed E-state index contributed by atoms with van der Waals surface area (Å²) >= 11 is 19.2. The molecule has 0 amide bonds.